The van der Waals surface area contributed by atoms with Gasteiger partial charge in [-0.25, -0.2) is 0 Å². The molecule has 0 aliphatic heterocycles. The monoisotopic (exact) mass is 251 g/mol. The molecule has 0 aliphatic rings. The highest BCUT2D eigenvalue weighted by molar-refractivity contribution is 5.66. The second-order valence-corrected chi connectivity index (χ2v) is 4.42. The van der Waals surface area contributed by atoms with Gasteiger partial charge >= 0.3 is 5.97 Å². The zero-order valence-corrected chi connectivity index (χ0v) is 11.2. The second-order valence-electron chi connectivity index (χ2n) is 4.42. The van der Waals surface area contributed by atoms with Crippen LogP contribution in [0.15, 0.2) is 12.1 Å². The Hall–Kier alpha value is -1.55. The SMILES string of the molecule is COc1cc(C)c(C)cc1CNCCCC(=O)O. The third-order valence-corrected chi connectivity index (χ3v) is 2.96. The first-order valence-electron chi connectivity index (χ1n) is 6.11. The highest BCUT2D eigenvalue weighted by atomic mass is 16.5. The largest absolute Gasteiger partial charge is 0.496 e. The minimum atomic E-state index is -0.749. The summed E-state index contributed by atoms with van der Waals surface area (Å²) in [5.74, 6) is 0.129. The van der Waals surface area contributed by atoms with Crippen molar-refractivity contribution < 1.29 is 14.6 Å². The van der Waals surface area contributed by atoms with E-state index >= 15 is 0 Å². The summed E-state index contributed by atoms with van der Waals surface area (Å²) in [6, 6.07) is 4.14. The summed E-state index contributed by atoms with van der Waals surface area (Å²) in [5, 5.41) is 11.8. The predicted molar refractivity (Wildman–Crippen MR) is 71.0 cm³/mol. The Labute approximate surface area is 108 Å². The molecule has 0 spiro atoms. The number of aryl methyl sites for hydroxylation is 2. The molecule has 4 nitrogen and oxygen atoms in total. The van der Waals surface area contributed by atoms with Crippen LogP contribution in [-0.4, -0.2) is 24.7 Å². The van der Waals surface area contributed by atoms with Gasteiger partial charge < -0.3 is 15.2 Å². The van der Waals surface area contributed by atoms with Crippen LogP contribution < -0.4 is 10.1 Å². The number of methoxy groups -OCH3 is 1. The lowest BCUT2D eigenvalue weighted by atomic mass is 10.0. The Morgan fingerprint density at radius 1 is 1.33 bits per heavy atom. The zero-order valence-electron chi connectivity index (χ0n) is 11.2. The topological polar surface area (TPSA) is 58.6 Å². The molecule has 0 heterocycles. The number of carboxylic acids is 1. The number of carbonyl (C=O) groups is 1. The summed E-state index contributed by atoms with van der Waals surface area (Å²) < 4.78 is 5.34. The molecule has 1 rings (SSSR count). The van der Waals surface area contributed by atoms with Crippen LogP contribution in [0.2, 0.25) is 0 Å². The predicted octanol–water partition coefficient (Wildman–Crippen LogP) is 2.27. The third-order valence-electron chi connectivity index (χ3n) is 2.96. The van der Waals surface area contributed by atoms with Gasteiger partial charge in [-0.2, -0.15) is 0 Å². The van der Waals surface area contributed by atoms with Gasteiger partial charge in [0.2, 0.25) is 0 Å². The molecular weight excluding hydrogens is 230 g/mol. The highest BCUT2D eigenvalue weighted by Crippen LogP contribution is 2.22. The smallest absolute Gasteiger partial charge is 0.303 e. The lowest BCUT2D eigenvalue weighted by Gasteiger charge is -2.12. The molecule has 0 fully saturated rings. The first kappa shape index (κ1) is 14.5. The van der Waals surface area contributed by atoms with E-state index in [4.69, 9.17) is 9.84 Å². The molecule has 0 amide bonds. The molecule has 1 aromatic rings. The molecule has 0 radical (unpaired) electrons. The van der Waals surface area contributed by atoms with Gasteiger partial charge in [0.25, 0.3) is 0 Å². The first-order valence-corrected chi connectivity index (χ1v) is 6.11. The molecule has 0 aromatic heterocycles. The van der Waals surface area contributed by atoms with E-state index in [2.05, 4.69) is 25.2 Å². The van der Waals surface area contributed by atoms with E-state index in [0.717, 1.165) is 11.3 Å². The Morgan fingerprint density at radius 2 is 2.00 bits per heavy atom. The number of hydrogen-bond donors (Lipinski definition) is 2. The number of ether oxygens (including phenoxy) is 1. The van der Waals surface area contributed by atoms with Crippen LogP contribution in [0.4, 0.5) is 0 Å². The quantitative estimate of drug-likeness (QED) is 0.730. The van der Waals surface area contributed by atoms with Crippen LogP contribution in [-0.2, 0) is 11.3 Å². The summed E-state index contributed by atoms with van der Waals surface area (Å²) in [6.07, 6.45) is 0.847. The zero-order chi connectivity index (χ0) is 13.5. The Balaban J connectivity index is 2.51. The number of aliphatic carboxylic acids is 1. The van der Waals surface area contributed by atoms with Crippen molar-refractivity contribution >= 4 is 5.97 Å². The van der Waals surface area contributed by atoms with E-state index in [9.17, 15) is 4.79 Å². The molecule has 1 aromatic carbocycles. The second kappa shape index (κ2) is 7.01. The number of carboxylic acid groups (broad SMARTS) is 1. The van der Waals surface area contributed by atoms with E-state index in [-0.39, 0.29) is 6.42 Å². The van der Waals surface area contributed by atoms with Gasteiger partial charge in [-0.1, -0.05) is 6.07 Å². The summed E-state index contributed by atoms with van der Waals surface area (Å²) in [6.45, 7) is 5.52. The van der Waals surface area contributed by atoms with Crippen LogP contribution in [0.1, 0.15) is 29.5 Å². The van der Waals surface area contributed by atoms with Crippen molar-refractivity contribution in [3.8, 4) is 5.75 Å². The van der Waals surface area contributed by atoms with E-state index in [0.29, 0.717) is 19.5 Å². The summed E-state index contributed by atoms with van der Waals surface area (Å²) in [5.41, 5.74) is 3.55. The standard InChI is InChI=1S/C14H21NO3/c1-10-7-12(13(18-3)8-11(10)2)9-15-6-4-5-14(16)17/h7-8,15H,4-6,9H2,1-3H3,(H,16,17). The number of hydrogen-bond acceptors (Lipinski definition) is 3. The average Bonchev–Trinajstić information content (AvgIpc) is 2.32. The van der Waals surface area contributed by atoms with Crippen molar-refractivity contribution in [3.63, 3.8) is 0 Å². The fourth-order valence-corrected chi connectivity index (χ4v) is 1.77. The Kier molecular flexibility index (Phi) is 5.65. The summed E-state index contributed by atoms with van der Waals surface area (Å²) in [4.78, 5) is 10.4. The van der Waals surface area contributed by atoms with Gasteiger partial charge in [0, 0.05) is 18.5 Å². The van der Waals surface area contributed by atoms with Gasteiger partial charge in [-0.05, 0) is 44.0 Å². The van der Waals surface area contributed by atoms with Crippen molar-refractivity contribution in [2.45, 2.75) is 33.2 Å². The maximum absolute atomic E-state index is 10.4. The van der Waals surface area contributed by atoms with Gasteiger partial charge in [-0.15, -0.1) is 0 Å². The summed E-state index contributed by atoms with van der Waals surface area (Å²) in [7, 11) is 1.66. The molecular formula is C14H21NO3. The molecule has 4 heteroatoms. The maximum Gasteiger partial charge on any atom is 0.303 e. The molecule has 0 saturated carbocycles. The van der Waals surface area contributed by atoms with Crippen LogP contribution in [0.5, 0.6) is 5.75 Å². The first-order chi connectivity index (χ1) is 8.54. The fraction of sp³-hybridized carbons (Fsp3) is 0.500. The number of nitrogens with one attached hydrogen (secondary N) is 1. The minimum Gasteiger partial charge on any atom is -0.496 e. The molecule has 0 unspecified atom stereocenters. The third kappa shape index (κ3) is 4.37. The fourth-order valence-electron chi connectivity index (χ4n) is 1.77. The molecule has 18 heavy (non-hydrogen) atoms. The normalized spacial score (nSPS) is 10.4. The molecule has 0 bridgehead atoms. The molecule has 100 valence electrons. The Bertz CT molecular complexity index is 416. The van der Waals surface area contributed by atoms with Crippen LogP contribution >= 0.6 is 0 Å². The van der Waals surface area contributed by atoms with Gasteiger partial charge in [0.05, 0.1) is 7.11 Å². The maximum atomic E-state index is 10.4. The van der Waals surface area contributed by atoms with E-state index < -0.39 is 5.97 Å². The van der Waals surface area contributed by atoms with Crippen molar-refractivity contribution in [1.82, 2.24) is 5.32 Å². The summed E-state index contributed by atoms with van der Waals surface area (Å²) >= 11 is 0. The van der Waals surface area contributed by atoms with Crippen LogP contribution in [0, 0.1) is 13.8 Å². The average molecular weight is 251 g/mol. The van der Waals surface area contributed by atoms with Gasteiger partial charge in [0.1, 0.15) is 5.75 Å². The number of rotatable bonds is 7. The van der Waals surface area contributed by atoms with Crippen LogP contribution in [0.3, 0.4) is 0 Å². The van der Waals surface area contributed by atoms with Crippen molar-refractivity contribution in [2.24, 2.45) is 0 Å². The van der Waals surface area contributed by atoms with Crippen molar-refractivity contribution in [3.05, 3.63) is 28.8 Å². The lowest BCUT2D eigenvalue weighted by Crippen LogP contribution is -2.16. The van der Waals surface area contributed by atoms with Gasteiger partial charge in [-0.3, -0.25) is 4.79 Å². The minimum absolute atomic E-state index is 0.205. The van der Waals surface area contributed by atoms with E-state index in [1.54, 1.807) is 7.11 Å². The van der Waals surface area contributed by atoms with Crippen molar-refractivity contribution in [1.29, 1.82) is 0 Å². The van der Waals surface area contributed by atoms with E-state index in [1.807, 2.05) is 6.07 Å². The van der Waals surface area contributed by atoms with E-state index in [1.165, 1.54) is 11.1 Å². The molecule has 0 saturated heterocycles. The Morgan fingerprint density at radius 3 is 2.61 bits per heavy atom. The molecule has 2 N–H and O–H groups in total. The lowest BCUT2D eigenvalue weighted by molar-refractivity contribution is -0.137. The van der Waals surface area contributed by atoms with Crippen LogP contribution in [0.25, 0.3) is 0 Å². The number of benzene rings is 1. The van der Waals surface area contributed by atoms with Crippen molar-refractivity contribution in [2.75, 3.05) is 13.7 Å². The van der Waals surface area contributed by atoms with Gasteiger partial charge in [0.15, 0.2) is 0 Å². The molecule has 0 atom stereocenters. The highest BCUT2D eigenvalue weighted by Gasteiger charge is 2.05. The molecule has 0 aliphatic carbocycles.